The molecule has 0 radical (unpaired) electrons. The van der Waals surface area contributed by atoms with Gasteiger partial charge in [0, 0.05) is 24.8 Å². The highest BCUT2D eigenvalue weighted by atomic mass is 15.1. The summed E-state index contributed by atoms with van der Waals surface area (Å²) in [6.45, 7) is 4.57. The summed E-state index contributed by atoms with van der Waals surface area (Å²) in [6.07, 6.45) is 4.86. The molecule has 0 amide bonds. The van der Waals surface area contributed by atoms with Crippen LogP contribution in [-0.4, -0.2) is 13.1 Å². The Morgan fingerprint density at radius 2 is 1.94 bits per heavy atom. The van der Waals surface area contributed by atoms with Crippen LogP contribution in [0.15, 0.2) is 24.3 Å². The third-order valence-electron chi connectivity index (χ3n) is 3.38. The van der Waals surface area contributed by atoms with Gasteiger partial charge in [-0.1, -0.05) is 31.5 Å². The van der Waals surface area contributed by atoms with Crippen LogP contribution in [0.3, 0.4) is 0 Å². The SMILES string of the molecule is CCCC(N)c1ccccc1N1CCCC1. The maximum absolute atomic E-state index is 6.25. The van der Waals surface area contributed by atoms with Gasteiger partial charge in [-0.15, -0.1) is 0 Å². The lowest BCUT2D eigenvalue weighted by Crippen LogP contribution is -2.22. The summed E-state index contributed by atoms with van der Waals surface area (Å²) in [7, 11) is 0. The maximum atomic E-state index is 6.25. The van der Waals surface area contributed by atoms with E-state index in [1.165, 1.54) is 37.2 Å². The molecule has 1 aromatic carbocycles. The first kappa shape index (κ1) is 11.5. The van der Waals surface area contributed by atoms with Crippen LogP contribution in [0.25, 0.3) is 0 Å². The van der Waals surface area contributed by atoms with E-state index in [0.717, 1.165) is 12.8 Å². The lowest BCUT2D eigenvalue weighted by molar-refractivity contribution is 0.637. The molecule has 0 spiro atoms. The van der Waals surface area contributed by atoms with Crippen LogP contribution in [0.5, 0.6) is 0 Å². The third-order valence-corrected chi connectivity index (χ3v) is 3.38. The molecule has 0 aromatic heterocycles. The van der Waals surface area contributed by atoms with Crippen LogP contribution >= 0.6 is 0 Å². The Hall–Kier alpha value is -1.02. The van der Waals surface area contributed by atoms with Gasteiger partial charge in [0.2, 0.25) is 0 Å². The summed E-state index contributed by atoms with van der Waals surface area (Å²) in [5, 5.41) is 0. The van der Waals surface area contributed by atoms with E-state index in [9.17, 15) is 0 Å². The first-order valence-electron chi connectivity index (χ1n) is 6.42. The molecule has 1 fully saturated rings. The van der Waals surface area contributed by atoms with Gasteiger partial charge < -0.3 is 10.6 Å². The summed E-state index contributed by atoms with van der Waals surface area (Å²) in [6, 6.07) is 8.83. The van der Waals surface area contributed by atoms with E-state index >= 15 is 0 Å². The number of para-hydroxylation sites is 1. The number of hydrogen-bond acceptors (Lipinski definition) is 2. The fourth-order valence-corrected chi connectivity index (χ4v) is 2.51. The lowest BCUT2D eigenvalue weighted by atomic mass is 10.0. The molecular formula is C14H22N2. The molecular weight excluding hydrogens is 196 g/mol. The second-order valence-electron chi connectivity index (χ2n) is 4.65. The van der Waals surface area contributed by atoms with Gasteiger partial charge in [-0.2, -0.15) is 0 Å². The molecule has 2 N–H and O–H groups in total. The highest BCUT2D eigenvalue weighted by molar-refractivity contribution is 5.55. The van der Waals surface area contributed by atoms with E-state index in [-0.39, 0.29) is 6.04 Å². The Kier molecular flexibility index (Phi) is 3.83. The van der Waals surface area contributed by atoms with E-state index in [1.807, 2.05) is 0 Å². The van der Waals surface area contributed by atoms with Crippen molar-refractivity contribution in [2.45, 2.75) is 38.6 Å². The molecule has 1 aromatic rings. The minimum atomic E-state index is 0.196. The average molecular weight is 218 g/mol. The monoisotopic (exact) mass is 218 g/mol. The molecule has 1 aliphatic rings. The van der Waals surface area contributed by atoms with Crippen molar-refractivity contribution in [3.63, 3.8) is 0 Å². The summed E-state index contributed by atoms with van der Waals surface area (Å²) in [4.78, 5) is 2.48. The standard InChI is InChI=1S/C14H22N2/c1-2-7-13(15)12-8-3-4-9-14(12)16-10-5-6-11-16/h3-4,8-9,13H,2,5-7,10-11,15H2,1H3. The molecule has 1 saturated heterocycles. The molecule has 1 atom stereocenters. The van der Waals surface area contributed by atoms with Crippen LogP contribution in [-0.2, 0) is 0 Å². The number of nitrogens with two attached hydrogens (primary N) is 1. The Bertz CT molecular complexity index is 329. The number of benzene rings is 1. The van der Waals surface area contributed by atoms with Gasteiger partial charge in [0.15, 0.2) is 0 Å². The van der Waals surface area contributed by atoms with E-state index in [4.69, 9.17) is 5.73 Å². The molecule has 88 valence electrons. The second kappa shape index (κ2) is 5.35. The zero-order chi connectivity index (χ0) is 11.4. The molecule has 0 aliphatic carbocycles. The Balaban J connectivity index is 2.22. The predicted octanol–water partition coefficient (Wildman–Crippen LogP) is 3.09. The third kappa shape index (κ3) is 2.38. The van der Waals surface area contributed by atoms with Gasteiger partial charge in [-0.05, 0) is 30.9 Å². The van der Waals surface area contributed by atoms with Crippen molar-refractivity contribution in [3.05, 3.63) is 29.8 Å². The highest BCUT2D eigenvalue weighted by Gasteiger charge is 2.17. The zero-order valence-electron chi connectivity index (χ0n) is 10.2. The Morgan fingerprint density at radius 3 is 2.62 bits per heavy atom. The fraction of sp³-hybridized carbons (Fsp3) is 0.571. The number of rotatable bonds is 4. The van der Waals surface area contributed by atoms with Crippen molar-refractivity contribution in [2.24, 2.45) is 5.73 Å². The van der Waals surface area contributed by atoms with Crippen molar-refractivity contribution in [1.82, 2.24) is 0 Å². The van der Waals surface area contributed by atoms with Gasteiger partial charge >= 0.3 is 0 Å². The van der Waals surface area contributed by atoms with Crippen LogP contribution < -0.4 is 10.6 Å². The number of hydrogen-bond donors (Lipinski definition) is 1. The molecule has 0 bridgehead atoms. The summed E-state index contributed by atoms with van der Waals surface area (Å²) in [5.41, 5.74) is 8.93. The van der Waals surface area contributed by atoms with Crippen LogP contribution in [0, 0.1) is 0 Å². The normalized spacial score (nSPS) is 17.8. The van der Waals surface area contributed by atoms with Crippen LogP contribution in [0.1, 0.15) is 44.2 Å². The van der Waals surface area contributed by atoms with Crippen molar-refractivity contribution in [3.8, 4) is 0 Å². The minimum Gasteiger partial charge on any atom is -0.371 e. The van der Waals surface area contributed by atoms with Crippen molar-refractivity contribution in [1.29, 1.82) is 0 Å². The topological polar surface area (TPSA) is 29.3 Å². The zero-order valence-corrected chi connectivity index (χ0v) is 10.2. The van der Waals surface area contributed by atoms with Gasteiger partial charge in [0.25, 0.3) is 0 Å². The predicted molar refractivity (Wildman–Crippen MR) is 69.7 cm³/mol. The minimum absolute atomic E-state index is 0.196. The Morgan fingerprint density at radius 1 is 1.25 bits per heavy atom. The summed E-state index contributed by atoms with van der Waals surface area (Å²) in [5.74, 6) is 0. The quantitative estimate of drug-likeness (QED) is 0.841. The summed E-state index contributed by atoms with van der Waals surface area (Å²) >= 11 is 0. The van der Waals surface area contributed by atoms with Gasteiger partial charge in [0.1, 0.15) is 0 Å². The molecule has 1 unspecified atom stereocenters. The number of nitrogens with zero attached hydrogens (tertiary/aromatic N) is 1. The van der Waals surface area contributed by atoms with Gasteiger partial charge in [-0.3, -0.25) is 0 Å². The van der Waals surface area contributed by atoms with E-state index < -0.39 is 0 Å². The Labute approximate surface area is 98.4 Å². The van der Waals surface area contributed by atoms with Crippen molar-refractivity contribution >= 4 is 5.69 Å². The first-order chi connectivity index (χ1) is 7.83. The van der Waals surface area contributed by atoms with Crippen molar-refractivity contribution < 1.29 is 0 Å². The molecule has 16 heavy (non-hydrogen) atoms. The maximum Gasteiger partial charge on any atom is 0.0414 e. The number of anilines is 1. The first-order valence-corrected chi connectivity index (χ1v) is 6.42. The molecule has 0 saturated carbocycles. The lowest BCUT2D eigenvalue weighted by Gasteiger charge is -2.24. The average Bonchev–Trinajstić information content (AvgIpc) is 2.83. The largest absolute Gasteiger partial charge is 0.371 e. The van der Waals surface area contributed by atoms with Gasteiger partial charge in [-0.25, -0.2) is 0 Å². The molecule has 2 heteroatoms. The molecule has 2 rings (SSSR count). The smallest absolute Gasteiger partial charge is 0.0414 e. The highest BCUT2D eigenvalue weighted by Crippen LogP contribution is 2.29. The molecule has 1 aliphatic heterocycles. The fourth-order valence-electron chi connectivity index (χ4n) is 2.51. The summed E-state index contributed by atoms with van der Waals surface area (Å²) < 4.78 is 0. The van der Waals surface area contributed by atoms with Gasteiger partial charge in [0.05, 0.1) is 0 Å². The van der Waals surface area contributed by atoms with Crippen LogP contribution in [0.2, 0.25) is 0 Å². The van der Waals surface area contributed by atoms with Crippen LogP contribution in [0.4, 0.5) is 5.69 Å². The molecule has 2 nitrogen and oxygen atoms in total. The van der Waals surface area contributed by atoms with Crippen molar-refractivity contribution in [2.75, 3.05) is 18.0 Å². The second-order valence-corrected chi connectivity index (χ2v) is 4.65. The van der Waals surface area contributed by atoms with E-state index in [1.54, 1.807) is 0 Å². The van der Waals surface area contributed by atoms with E-state index in [2.05, 4.69) is 36.1 Å². The van der Waals surface area contributed by atoms with E-state index in [0.29, 0.717) is 0 Å². The molecule has 1 heterocycles.